The van der Waals surface area contributed by atoms with Gasteiger partial charge in [0.15, 0.2) is 5.69 Å². The molecule has 1 aliphatic heterocycles. The number of hydrogen-bond donors (Lipinski definition) is 1. The van der Waals surface area contributed by atoms with Crippen molar-refractivity contribution >= 4 is 29.0 Å². The van der Waals surface area contributed by atoms with Crippen molar-refractivity contribution in [3.8, 4) is 0 Å². The van der Waals surface area contributed by atoms with Crippen molar-refractivity contribution in [2.45, 2.75) is 6.92 Å². The van der Waals surface area contributed by atoms with Crippen LogP contribution >= 0.6 is 11.6 Å². The molecule has 88 valence electrons. The molecule has 1 N–H and O–H groups in total. The van der Waals surface area contributed by atoms with Gasteiger partial charge >= 0.3 is 5.97 Å². The summed E-state index contributed by atoms with van der Waals surface area (Å²) in [5, 5.41) is 14.0. The van der Waals surface area contributed by atoms with Gasteiger partial charge in [-0.15, -0.1) is 4.59 Å². The minimum absolute atomic E-state index is 0.0774. The first-order valence-corrected chi connectivity index (χ1v) is 5.46. The van der Waals surface area contributed by atoms with Gasteiger partial charge in [-0.3, -0.25) is 0 Å². The summed E-state index contributed by atoms with van der Waals surface area (Å²) in [5.41, 5.74) is 1.57. The van der Waals surface area contributed by atoms with Crippen LogP contribution in [0.3, 0.4) is 0 Å². The second-order valence-electron chi connectivity index (χ2n) is 4.04. The molecule has 4 nitrogen and oxygen atoms in total. The second kappa shape index (κ2) is 3.98. The van der Waals surface area contributed by atoms with Crippen molar-refractivity contribution < 1.29 is 9.90 Å². The Morgan fingerprint density at radius 1 is 1.47 bits per heavy atom. The first-order valence-electron chi connectivity index (χ1n) is 5.08. The average Bonchev–Trinajstić information content (AvgIpc) is 2.56. The minimum atomic E-state index is -0.963. The molecule has 0 amide bonds. The van der Waals surface area contributed by atoms with E-state index < -0.39 is 5.97 Å². The normalized spacial score (nSPS) is 23.2. The topological polar surface area (TPSA) is 49.7 Å². The number of carboxylic acids is 1. The van der Waals surface area contributed by atoms with Crippen LogP contribution in [0.5, 0.6) is 0 Å². The highest BCUT2D eigenvalue weighted by atomic mass is 35.5. The smallest absolute Gasteiger partial charge is 0.343 e. The van der Waals surface area contributed by atoms with Crippen LogP contribution in [0.1, 0.15) is 6.92 Å². The van der Waals surface area contributed by atoms with E-state index in [0.29, 0.717) is 10.7 Å². The number of carboxylic acid groups (broad SMARTS) is 1. The predicted octanol–water partition coefficient (Wildman–Crippen LogP) is 2.64. The van der Waals surface area contributed by atoms with Gasteiger partial charge in [-0.05, 0) is 13.0 Å². The summed E-state index contributed by atoms with van der Waals surface area (Å²) in [6, 6.07) is 7.23. The molecule has 0 saturated heterocycles. The van der Waals surface area contributed by atoms with Gasteiger partial charge in [-0.25, -0.2) is 4.79 Å². The fourth-order valence-corrected chi connectivity index (χ4v) is 2.02. The summed E-state index contributed by atoms with van der Waals surface area (Å²) in [7, 11) is 1.81. The van der Waals surface area contributed by atoms with Crippen molar-refractivity contribution in [1.29, 1.82) is 0 Å². The lowest BCUT2D eigenvalue weighted by Crippen LogP contribution is -2.30. The zero-order valence-corrected chi connectivity index (χ0v) is 10.3. The Hall–Kier alpha value is -1.65. The van der Waals surface area contributed by atoms with Gasteiger partial charge in [0.25, 0.3) is 0 Å². The van der Waals surface area contributed by atoms with Crippen LogP contribution in [0.4, 0.5) is 5.69 Å². The zero-order chi connectivity index (χ0) is 12.6. The quantitative estimate of drug-likeness (QED) is 0.822. The Bertz CT molecular complexity index is 551. The lowest BCUT2D eigenvalue weighted by atomic mass is 10.2. The van der Waals surface area contributed by atoms with E-state index in [4.69, 9.17) is 16.7 Å². The van der Waals surface area contributed by atoms with Gasteiger partial charge in [0.1, 0.15) is 24.5 Å². The molecule has 0 saturated carbocycles. The van der Waals surface area contributed by atoms with Crippen LogP contribution in [0, 0.1) is 0 Å². The van der Waals surface area contributed by atoms with E-state index in [2.05, 4.69) is 5.10 Å². The maximum atomic E-state index is 11.0. The lowest BCUT2D eigenvalue weighted by Gasteiger charge is -2.19. The third-order valence-electron chi connectivity index (χ3n) is 2.69. The molecule has 0 fully saturated rings. The Labute approximate surface area is 104 Å². The predicted molar refractivity (Wildman–Crippen MR) is 68.0 cm³/mol. The summed E-state index contributed by atoms with van der Waals surface area (Å²) in [6.45, 7) is 1.69. The summed E-state index contributed by atoms with van der Waals surface area (Å²) >= 11 is 5.93. The van der Waals surface area contributed by atoms with E-state index in [9.17, 15) is 4.79 Å². The maximum absolute atomic E-state index is 11.0. The number of benzene rings is 1. The van der Waals surface area contributed by atoms with Gasteiger partial charge in [-0.2, -0.15) is 0 Å². The highest BCUT2D eigenvalue weighted by Gasteiger charge is 2.34. The minimum Gasteiger partial charge on any atom is -0.477 e. The number of quaternary nitrogens is 1. The molecule has 5 heteroatoms. The van der Waals surface area contributed by atoms with Crippen molar-refractivity contribution in [1.82, 2.24) is 4.59 Å². The molecule has 2 rings (SSSR count). The second-order valence-corrected chi connectivity index (χ2v) is 4.48. The Morgan fingerprint density at radius 2 is 2.18 bits per heavy atom. The van der Waals surface area contributed by atoms with Crippen molar-refractivity contribution in [3.63, 3.8) is 0 Å². The molecule has 1 atom stereocenters. The number of aliphatic carboxylic acids is 1. The van der Waals surface area contributed by atoms with Gasteiger partial charge in [0, 0.05) is 17.2 Å². The summed E-state index contributed by atoms with van der Waals surface area (Å²) < 4.78 is 0.0774. The highest BCUT2D eigenvalue weighted by Crippen LogP contribution is 2.30. The van der Waals surface area contributed by atoms with Crippen LogP contribution in [-0.4, -0.2) is 23.8 Å². The molecular weight excluding hydrogens is 240 g/mol. The standard InChI is InChI=1S/C12H11ClN2O2/c1-8-11(12(16)17)7-15(2,14-8)10-5-3-4-9(13)6-10/h3-7H,1-2H3/p+1. The zero-order valence-electron chi connectivity index (χ0n) is 9.51. The number of carbonyl (C=O) groups is 1. The molecule has 17 heavy (non-hydrogen) atoms. The lowest BCUT2D eigenvalue weighted by molar-refractivity contribution is -0.132. The number of halogens is 1. The Balaban J connectivity index is 2.50. The highest BCUT2D eigenvalue weighted by molar-refractivity contribution is 6.30. The molecule has 0 radical (unpaired) electrons. The Kier molecular flexibility index (Phi) is 2.77. The van der Waals surface area contributed by atoms with Gasteiger partial charge in [-0.1, -0.05) is 22.8 Å². The number of nitrogens with zero attached hydrogens (tertiary/aromatic N) is 2. The molecule has 1 heterocycles. The third-order valence-corrected chi connectivity index (χ3v) is 2.92. The van der Waals surface area contributed by atoms with Gasteiger partial charge < -0.3 is 5.11 Å². The number of hydrogen-bond acceptors (Lipinski definition) is 2. The largest absolute Gasteiger partial charge is 0.477 e. The van der Waals surface area contributed by atoms with Gasteiger partial charge in [0.05, 0.1) is 0 Å². The summed E-state index contributed by atoms with van der Waals surface area (Å²) in [4.78, 5) is 11.0. The van der Waals surface area contributed by atoms with E-state index in [-0.39, 0.29) is 10.2 Å². The van der Waals surface area contributed by atoms with Crippen molar-refractivity contribution in [3.05, 3.63) is 41.1 Å². The molecule has 0 aromatic heterocycles. The molecular formula is C12H12ClN2O2+. The van der Waals surface area contributed by atoms with E-state index in [1.54, 1.807) is 25.3 Å². The average molecular weight is 252 g/mol. The van der Waals surface area contributed by atoms with E-state index in [0.717, 1.165) is 5.69 Å². The molecule has 1 unspecified atom stereocenters. The van der Waals surface area contributed by atoms with E-state index >= 15 is 0 Å². The maximum Gasteiger partial charge on any atom is 0.343 e. The van der Waals surface area contributed by atoms with Crippen LogP contribution in [-0.2, 0) is 4.79 Å². The van der Waals surface area contributed by atoms with Crippen molar-refractivity contribution in [2.24, 2.45) is 5.10 Å². The molecule has 1 aromatic carbocycles. The van der Waals surface area contributed by atoms with Crippen LogP contribution < -0.4 is 4.59 Å². The fourth-order valence-electron chi connectivity index (χ4n) is 1.84. The number of rotatable bonds is 2. The first-order chi connectivity index (χ1) is 7.92. The van der Waals surface area contributed by atoms with E-state index in [1.165, 1.54) is 0 Å². The molecule has 0 bridgehead atoms. The van der Waals surface area contributed by atoms with Crippen molar-refractivity contribution in [2.75, 3.05) is 7.05 Å². The van der Waals surface area contributed by atoms with Crippen LogP contribution in [0.15, 0.2) is 41.1 Å². The van der Waals surface area contributed by atoms with Gasteiger partial charge in [0.2, 0.25) is 0 Å². The monoisotopic (exact) mass is 251 g/mol. The Morgan fingerprint density at radius 3 is 2.71 bits per heavy atom. The first kappa shape index (κ1) is 11.8. The fraction of sp³-hybridized carbons (Fsp3) is 0.167. The van der Waals surface area contributed by atoms with Crippen LogP contribution in [0.2, 0.25) is 5.02 Å². The SMILES string of the molecule is CC1=N[N+](C)(c2cccc(Cl)c2)C=C1C(=O)O. The van der Waals surface area contributed by atoms with Crippen LogP contribution in [0.25, 0.3) is 0 Å². The summed E-state index contributed by atoms with van der Waals surface area (Å²) in [6.07, 6.45) is 1.60. The molecule has 1 aliphatic rings. The molecule has 1 aromatic rings. The van der Waals surface area contributed by atoms with E-state index in [1.807, 2.05) is 19.2 Å². The summed E-state index contributed by atoms with van der Waals surface area (Å²) in [5.74, 6) is -0.963. The molecule has 0 spiro atoms. The third kappa shape index (κ3) is 2.09. The molecule has 0 aliphatic carbocycles.